The third kappa shape index (κ3) is 4.14. The smallest absolute Gasteiger partial charge is 0.302 e. The molecule has 4 aromatic rings. The molecule has 2 heterocycles. The van der Waals surface area contributed by atoms with Gasteiger partial charge in [-0.25, -0.2) is 9.37 Å². The van der Waals surface area contributed by atoms with E-state index in [2.05, 4.69) is 9.97 Å². The fraction of sp³-hybridized carbons (Fsp3) is 0.207. The van der Waals surface area contributed by atoms with Crippen LogP contribution >= 0.6 is 0 Å². The number of aliphatic hydroxyl groups excluding tert-OH is 1. The number of halogens is 1. The predicted molar refractivity (Wildman–Crippen MR) is 139 cm³/mol. The molecule has 0 saturated carbocycles. The van der Waals surface area contributed by atoms with Crippen molar-refractivity contribution in [1.82, 2.24) is 9.97 Å². The lowest BCUT2D eigenvalue weighted by Gasteiger charge is -2.23. The van der Waals surface area contributed by atoms with E-state index in [4.69, 9.17) is 4.74 Å². The number of carbonyl (C=O) groups excluding carboxylic acids is 2. The average molecular weight is 500 g/mol. The summed E-state index contributed by atoms with van der Waals surface area (Å²) in [5, 5.41) is 11.4. The maximum absolute atomic E-state index is 15.1. The number of H-pyrrole nitrogens is 1. The van der Waals surface area contributed by atoms with Gasteiger partial charge >= 0.3 is 5.91 Å². The molecule has 0 spiro atoms. The highest BCUT2D eigenvalue weighted by Gasteiger charge is 2.49. The molecule has 1 saturated heterocycles. The molecular formula is C29H26FN3O4. The number of aliphatic hydroxyl groups is 1. The summed E-state index contributed by atoms with van der Waals surface area (Å²) >= 11 is 0. The number of nitrogens with zero attached hydrogens (tertiary/aromatic N) is 2. The fourth-order valence-electron chi connectivity index (χ4n) is 4.68. The van der Waals surface area contributed by atoms with Crippen LogP contribution < -0.4 is 9.64 Å². The number of fused-ring (bicyclic) bond motifs is 1. The topological polar surface area (TPSA) is 95.5 Å². The number of para-hydroxylation sites is 2. The first-order valence-electron chi connectivity index (χ1n) is 12.1. The number of Topliss-reactive ketones (excluding diaryl/α,β-unsaturated/α-hetero) is 1. The van der Waals surface area contributed by atoms with Crippen molar-refractivity contribution in [3.05, 3.63) is 94.8 Å². The Hall–Kier alpha value is -4.46. The lowest BCUT2D eigenvalue weighted by Crippen LogP contribution is -2.30. The van der Waals surface area contributed by atoms with Crippen LogP contribution in [0.4, 0.5) is 10.3 Å². The number of rotatable bonds is 6. The molecule has 188 valence electrons. The summed E-state index contributed by atoms with van der Waals surface area (Å²) in [6.45, 7) is 6.33. The molecule has 3 aromatic carbocycles. The number of aromatic nitrogens is 2. The Kier molecular flexibility index (Phi) is 6.25. The molecule has 1 aliphatic rings. The molecule has 5 rings (SSSR count). The summed E-state index contributed by atoms with van der Waals surface area (Å²) in [6, 6.07) is 16.9. The summed E-state index contributed by atoms with van der Waals surface area (Å²) < 4.78 is 20.9. The summed E-state index contributed by atoms with van der Waals surface area (Å²) in [5.41, 5.74) is 2.25. The molecule has 0 bridgehead atoms. The Bertz CT molecular complexity index is 1520. The van der Waals surface area contributed by atoms with Gasteiger partial charge in [0.15, 0.2) is 0 Å². The third-order valence-corrected chi connectivity index (χ3v) is 6.45. The molecule has 1 unspecified atom stereocenters. The molecule has 8 heteroatoms. The van der Waals surface area contributed by atoms with Crippen molar-refractivity contribution in [3.63, 3.8) is 0 Å². The van der Waals surface area contributed by atoms with E-state index in [9.17, 15) is 14.7 Å². The summed E-state index contributed by atoms with van der Waals surface area (Å²) in [4.78, 5) is 35.4. The minimum Gasteiger partial charge on any atom is -0.507 e. The number of imidazole rings is 1. The molecule has 1 amide bonds. The normalized spacial score (nSPS) is 17.2. The van der Waals surface area contributed by atoms with Gasteiger partial charge in [0.2, 0.25) is 5.95 Å². The molecule has 1 fully saturated rings. The number of ether oxygens (including phenoxy) is 1. The molecular weight excluding hydrogens is 473 g/mol. The zero-order valence-corrected chi connectivity index (χ0v) is 20.7. The van der Waals surface area contributed by atoms with Crippen molar-refractivity contribution in [2.45, 2.75) is 32.7 Å². The first kappa shape index (κ1) is 24.2. The van der Waals surface area contributed by atoms with Crippen molar-refractivity contribution < 1.29 is 23.8 Å². The maximum Gasteiger partial charge on any atom is 0.302 e. The van der Waals surface area contributed by atoms with E-state index in [1.165, 1.54) is 18.2 Å². The van der Waals surface area contributed by atoms with E-state index in [0.717, 1.165) is 10.5 Å². The van der Waals surface area contributed by atoms with E-state index in [-0.39, 0.29) is 23.0 Å². The Morgan fingerprint density at radius 3 is 2.54 bits per heavy atom. The molecule has 37 heavy (non-hydrogen) atoms. The largest absolute Gasteiger partial charge is 0.507 e. The first-order valence-corrected chi connectivity index (χ1v) is 12.1. The molecule has 0 aliphatic carbocycles. The second kappa shape index (κ2) is 9.54. The second-order valence-corrected chi connectivity index (χ2v) is 9.11. The number of hydrogen-bond donors (Lipinski definition) is 2. The maximum atomic E-state index is 15.1. The molecule has 1 atom stereocenters. The van der Waals surface area contributed by atoms with Crippen LogP contribution in [-0.2, 0) is 9.59 Å². The quantitative estimate of drug-likeness (QED) is 0.197. The van der Waals surface area contributed by atoms with E-state index >= 15 is 4.39 Å². The fourth-order valence-corrected chi connectivity index (χ4v) is 4.68. The van der Waals surface area contributed by atoms with Gasteiger partial charge in [-0.15, -0.1) is 0 Å². The van der Waals surface area contributed by atoms with Crippen LogP contribution in [-0.4, -0.2) is 33.4 Å². The van der Waals surface area contributed by atoms with Gasteiger partial charge in [-0.05, 0) is 54.8 Å². The van der Waals surface area contributed by atoms with E-state index in [1.54, 1.807) is 42.5 Å². The molecule has 2 N–H and O–H groups in total. The SMILES string of the molecule is CCOc1ccc(/C(O)=C2\C(=O)C(=O)N(c3nc4ccccc4[nH]3)C2c2ccccc2F)cc1C(C)C. The molecule has 1 aromatic heterocycles. The van der Waals surface area contributed by atoms with Crippen molar-refractivity contribution in [2.24, 2.45) is 0 Å². The van der Waals surface area contributed by atoms with Gasteiger partial charge in [-0.1, -0.05) is 44.2 Å². The Morgan fingerprint density at radius 2 is 1.84 bits per heavy atom. The number of benzene rings is 3. The van der Waals surface area contributed by atoms with E-state index < -0.39 is 29.3 Å². The highest BCUT2D eigenvalue weighted by atomic mass is 19.1. The minimum atomic E-state index is -1.23. The summed E-state index contributed by atoms with van der Waals surface area (Å²) in [7, 11) is 0. The van der Waals surface area contributed by atoms with Crippen LogP contribution in [0.3, 0.4) is 0 Å². The van der Waals surface area contributed by atoms with Gasteiger partial charge in [0.1, 0.15) is 23.4 Å². The third-order valence-electron chi connectivity index (χ3n) is 6.45. The van der Waals surface area contributed by atoms with Crippen molar-refractivity contribution in [2.75, 3.05) is 11.5 Å². The van der Waals surface area contributed by atoms with Crippen molar-refractivity contribution >= 4 is 34.4 Å². The second-order valence-electron chi connectivity index (χ2n) is 9.11. The number of carbonyl (C=O) groups is 2. The standard InChI is InChI=1S/C29H26FN3O4/c1-4-37-23-14-13-17(15-19(23)16(2)3)26(34)24-25(18-9-5-6-10-20(18)30)33(28(36)27(24)35)29-31-21-11-7-8-12-22(21)32-29/h5-16,25,34H,4H2,1-3H3,(H,31,32)/b26-24+. The van der Waals surface area contributed by atoms with Gasteiger partial charge < -0.3 is 14.8 Å². The lowest BCUT2D eigenvalue weighted by atomic mass is 9.93. The van der Waals surface area contributed by atoms with Gasteiger partial charge in [0, 0.05) is 11.1 Å². The monoisotopic (exact) mass is 499 g/mol. The number of aromatic amines is 1. The van der Waals surface area contributed by atoms with Crippen LogP contribution in [0.15, 0.2) is 72.3 Å². The van der Waals surface area contributed by atoms with Gasteiger partial charge in [0.25, 0.3) is 5.78 Å². The van der Waals surface area contributed by atoms with Crippen molar-refractivity contribution in [1.29, 1.82) is 0 Å². The van der Waals surface area contributed by atoms with Crippen LogP contribution in [0.2, 0.25) is 0 Å². The molecule has 1 aliphatic heterocycles. The Morgan fingerprint density at radius 1 is 1.11 bits per heavy atom. The van der Waals surface area contributed by atoms with Crippen molar-refractivity contribution in [3.8, 4) is 5.75 Å². The van der Waals surface area contributed by atoms with E-state index in [1.807, 2.05) is 26.8 Å². The summed E-state index contributed by atoms with van der Waals surface area (Å²) in [6.07, 6.45) is 0. The Labute approximate surface area is 213 Å². The summed E-state index contributed by atoms with van der Waals surface area (Å²) in [5.74, 6) is -2.02. The van der Waals surface area contributed by atoms with Crippen LogP contribution in [0.1, 0.15) is 49.4 Å². The predicted octanol–water partition coefficient (Wildman–Crippen LogP) is 5.85. The molecule has 7 nitrogen and oxygen atoms in total. The Balaban J connectivity index is 1.73. The van der Waals surface area contributed by atoms with Crippen LogP contribution in [0.5, 0.6) is 5.75 Å². The number of nitrogens with one attached hydrogen (secondary N) is 1. The van der Waals surface area contributed by atoms with E-state index in [0.29, 0.717) is 29.0 Å². The van der Waals surface area contributed by atoms with Crippen LogP contribution in [0, 0.1) is 5.82 Å². The van der Waals surface area contributed by atoms with Gasteiger partial charge in [-0.2, -0.15) is 0 Å². The van der Waals surface area contributed by atoms with Gasteiger partial charge in [0.05, 0.1) is 23.2 Å². The number of amides is 1. The highest BCUT2D eigenvalue weighted by Crippen LogP contribution is 2.43. The van der Waals surface area contributed by atoms with Crippen LogP contribution in [0.25, 0.3) is 16.8 Å². The zero-order valence-electron chi connectivity index (χ0n) is 20.7. The lowest BCUT2D eigenvalue weighted by molar-refractivity contribution is -0.132. The number of ketones is 1. The average Bonchev–Trinajstić information content (AvgIpc) is 3.42. The number of anilines is 1. The minimum absolute atomic E-state index is 0.0645. The zero-order chi connectivity index (χ0) is 26.3. The first-order chi connectivity index (χ1) is 17.8. The van der Waals surface area contributed by atoms with Gasteiger partial charge in [-0.3, -0.25) is 14.5 Å². The number of hydrogen-bond acceptors (Lipinski definition) is 5. The molecule has 0 radical (unpaired) electrons. The highest BCUT2D eigenvalue weighted by molar-refractivity contribution is 6.51.